The lowest BCUT2D eigenvalue weighted by atomic mass is 9.55. The molecule has 4 aromatic rings. The van der Waals surface area contributed by atoms with Gasteiger partial charge in [0.25, 0.3) is 0 Å². The van der Waals surface area contributed by atoms with Gasteiger partial charge in [0.15, 0.2) is 0 Å². The van der Waals surface area contributed by atoms with Crippen LogP contribution in [0.4, 0.5) is 4.79 Å². The van der Waals surface area contributed by atoms with Gasteiger partial charge in [-0.05, 0) is 95.5 Å². The first-order valence-corrected chi connectivity index (χ1v) is 22.5. The SMILES string of the molecule is C=CCO[C@@]12Oc3ccc(Oc4ccc(-c5ccccc5)cc4)cc3[C@H]3[C@H](CCCCO)[C@@H](CCCCO)C=C(C(=NOCc4ccccc4)C[C@@H]1N(C)C(=O)OCC(C)(C)C)[C@H]32. The summed E-state index contributed by atoms with van der Waals surface area (Å²) < 4.78 is 26.9. The fourth-order valence-electron chi connectivity index (χ4n) is 9.54. The van der Waals surface area contributed by atoms with Crippen molar-refractivity contribution in [1.29, 1.82) is 0 Å². The minimum Gasteiger partial charge on any atom is -0.459 e. The molecule has 3 aliphatic rings. The third kappa shape index (κ3) is 10.7. The number of allylic oxidation sites excluding steroid dienone is 1. The van der Waals surface area contributed by atoms with Gasteiger partial charge in [0, 0.05) is 38.2 Å². The number of amides is 1. The summed E-state index contributed by atoms with van der Waals surface area (Å²) in [7, 11) is 1.75. The molecule has 1 saturated carbocycles. The summed E-state index contributed by atoms with van der Waals surface area (Å²) in [5.74, 6) is 0.164. The molecule has 6 atom stereocenters. The third-order valence-electron chi connectivity index (χ3n) is 12.5. The van der Waals surface area contributed by atoms with Crippen LogP contribution >= 0.6 is 0 Å². The number of fused-ring (bicyclic) bond motifs is 2. The number of hydrogen-bond acceptors (Lipinski definition) is 9. The van der Waals surface area contributed by atoms with Crippen molar-refractivity contribution in [2.45, 2.75) is 90.1 Å². The van der Waals surface area contributed by atoms with E-state index < -0.39 is 23.8 Å². The quantitative estimate of drug-likeness (QED) is 0.0544. The Morgan fingerprint density at radius 2 is 1.56 bits per heavy atom. The number of carbonyl (C=O) groups excluding carboxylic acids is 1. The Morgan fingerprint density at radius 3 is 2.24 bits per heavy atom. The highest BCUT2D eigenvalue weighted by Gasteiger charge is 2.65. The number of oxime groups is 1. The number of aliphatic hydroxyl groups is 2. The van der Waals surface area contributed by atoms with Crippen LogP contribution in [0.3, 0.4) is 0 Å². The van der Waals surface area contributed by atoms with Crippen LogP contribution in [-0.4, -0.2) is 72.2 Å². The zero-order valence-corrected chi connectivity index (χ0v) is 37.3. The predicted octanol–water partition coefficient (Wildman–Crippen LogP) is 11.1. The molecule has 10 heteroatoms. The van der Waals surface area contributed by atoms with Crippen molar-refractivity contribution < 1.29 is 38.8 Å². The molecule has 1 heterocycles. The lowest BCUT2D eigenvalue weighted by molar-refractivity contribution is -0.253. The van der Waals surface area contributed by atoms with Crippen LogP contribution in [-0.2, 0) is 20.9 Å². The Morgan fingerprint density at radius 1 is 0.889 bits per heavy atom. The van der Waals surface area contributed by atoms with Gasteiger partial charge in [0.1, 0.15) is 29.9 Å². The molecule has 7 rings (SSSR count). The maximum absolute atomic E-state index is 14.2. The molecular formula is C53H64N2O8. The molecular weight excluding hydrogens is 793 g/mol. The van der Waals surface area contributed by atoms with Crippen molar-refractivity contribution in [2.24, 2.45) is 28.3 Å². The number of likely N-dealkylation sites (N-methyl/N-ethyl adjacent to an activating group) is 1. The van der Waals surface area contributed by atoms with Gasteiger partial charge in [-0.1, -0.05) is 124 Å². The fourth-order valence-corrected chi connectivity index (χ4v) is 9.54. The Hall–Kier alpha value is -5.42. The highest BCUT2D eigenvalue weighted by Crippen LogP contribution is 2.62. The van der Waals surface area contributed by atoms with Crippen LogP contribution in [0.15, 0.2) is 133 Å². The number of unbranched alkanes of at least 4 members (excludes halogenated alkanes) is 2. The van der Waals surface area contributed by atoms with E-state index in [0.717, 1.165) is 59.2 Å². The zero-order chi connectivity index (χ0) is 44.4. The maximum atomic E-state index is 14.2. The van der Waals surface area contributed by atoms with Crippen molar-refractivity contribution in [3.63, 3.8) is 0 Å². The summed E-state index contributed by atoms with van der Waals surface area (Å²) in [4.78, 5) is 22.0. The van der Waals surface area contributed by atoms with Gasteiger partial charge in [0.05, 0.1) is 24.8 Å². The van der Waals surface area contributed by atoms with Crippen LogP contribution in [0.2, 0.25) is 0 Å². The molecule has 1 amide bonds. The summed E-state index contributed by atoms with van der Waals surface area (Å²) in [6.45, 7) is 11.0. The first-order valence-electron chi connectivity index (χ1n) is 22.5. The third-order valence-corrected chi connectivity index (χ3v) is 12.5. The second kappa shape index (κ2) is 20.8. The molecule has 0 spiro atoms. The molecule has 0 saturated heterocycles. The topological polar surface area (TPSA) is 119 Å². The molecule has 2 aliphatic carbocycles. The molecule has 1 aliphatic heterocycles. The van der Waals surface area contributed by atoms with Crippen LogP contribution in [0.5, 0.6) is 17.2 Å². The van der Waals surface area contributed by atoms with E-state index in [1.165, 1.54) is 0 Å². The summed E-state index contributed by atoms with van der Waals surface area (Å²) in [5.41, 5.74) is 5.63. The largest absolute Gasteiger partial charge is 0.459 e. The zero-order valence-electron chi connectivity index (χ0n) is 37.3. The lowest BCUT2D eigenvalue weighted by Gasteiger charge is -2.59. The van der Waals surface area contributed by atoms with Crippen LogP contribution in [0.1, 0.15) is 82.8 Å². The molecule has 334 valence electrons. The van der Waals surface area contributed by atoms with E-state index in [1.54, 1.807) is 18.0 Å². The Labute approximate surface area is 373 Å². The smallest absolute Gasteiger partial charge is 0.410 e. The minimum atomic E-state index is -1.38. The lowest BCUT2D eigenvalue weighted by Crippen LogP contribution is -2.69. The Kier molecular flexibility index (Phi) is 15.1. The van der Waals surface area contributed by atoms with E-state index in [1.807, 2.05) is 93.6 Å². The molecule has 4 aromatic carbocycles. The predicted molar refractivity (Wildman–Crippen MR) is 247 cm³/mol. The normalized spacial score (nSPS) is 23.1. The van der Waals surface area contributed by atoms with E-state index in [0.29, 0.717) is 30.1 Å². The summed E-state index contributed by atoms with van der Waals surface area (Å²) >= 11 is 0. The van der Waals surface area contributed by atoms with Crippen molar-refractivity contribution in [2.75, 3.05) is 33.5 Å². The number of aliphatic hydroxyl groups excluding tert-OH is 2. The van der Waals surface area contributed by atoms with Crippen LogP contribution in [0, 0.1) is 23.2 Å². The number of nitrogens with zero attached hydrogens (tertiary/aromatic N) is 2. The second-order valence-electron chi connectivity index (χ2n) is 18.3. The first-order chi connectivity index (χ1) is 30.5. The molecule has 10 nitrogen and oxygen atoms in total. The van der Waals surface area contributed by atoms with Crippen LogP contribution < -0.4 is 9.47 Å². The van der Waals surface area contributed by atoms with E-state index in [9.17, 15) is 15.0 Å². The average Bonchev–Trinajstić information content (AvgIpc) is 3.29. The molecule has 0 unspecified atom stereocenters. The monoisotopic (exact) mass is 856 g/mol. The number of carbonyl (C=O) groups is 1. The van der Waals surface area contributed by atoms with E-state index >= 15 is 0 Å². The first kappa shape index (κ1) is 45.6. The van der Waals surface area contributed by atoms with Crippen molar-refractivity contribution in [3.05, 3.63) is 139 Å². The second-order valence-corrected chi connectivity index (χ2v) is 18.3. The molecule has 1 fully saturated rings. The summed E-state index contributed by atoms with van der Waals surface area (Å²) in [5, 5.41) is 24.8. The highest BCUT2D eigenvalue weighted by molar-refractivity contribution is 6.03. The van der Waals surface area contributed by atoms with Crippen molar-refractivity contribution in [1.82, 2.24) is 4.90 Å². The number of rotatable bonds is 19. The fraction of sp³-hybridized carbons (Fsp3) is 0.434. The van der Waals surface area contributed by atoms with Gasteiger partial charge in [-0.15, -0.1) is 6.58 Å². The average molecular weight is 857 g/mol. The van der Waals surface area contributed by atoms with Gasteiger partial charge < -0.3 is 38.9 Å². The molecule has 0 aromatic heterocycles. The standard InChI is InChI=1S/C53H64N2O8/c1-6-31-60-53-48(55(5)51(58)59-36-52(2,3)4)34-46(54-61-35-37-17-9-7-10-18-37)44-32-40(21-13-15-29-56)43(22-14-16-30-57)49(50(44)53)45-33-42(27-28-47(45)63-53)62-41-25-23-39(24-26-41)38-19-11-8-12-20-38/h6-12,17-20,23-28,32-33,40,43,48-50,56-57H,1,13-16,21-22,29-31,34-36H2,2-5H3/t40-,43+,48-,49+,50+,53+/m0/s1. The van der Waals surface area contributed by atoms with E-state index in [4.69, 9.17) is 28.9 Å². The van der Waals surface area contributed by atoms with Crippen LogP contribution in [0.25, 0.3) is 11.1 Å². The van der Waals surface area contributed by atoms with Crippen molar-refractivity contribution in [3.8, 4) is 28.4 Å². The minimum absolute atomic E-state index is 0.0714. The Bertz CT molecular complexity index is 2180. The molecule has 0 bridgehead atoms. The van der Waals surface area contributed by atoms with Gasteiger partial charge in [-0.25, -0.2) is 4.79 Å². The summed E-state index contributed by atoms with van der Waals surface area (Å²) in [6.07, 6.45) is 8.52. The highest BCUT2D eigenvalue weighted by atomic mass is 16.7. The van der Waals surface area contributed by atoms with Gasteiger partial charge >= 0.3 is 6.09 Å². The maximum Gasteiger partial charge on any atom is 0.410 e. The number of benzene rings is 4. The number of hydrogen-bond donors (Lipinski definition) is 2. The van der Waals surface area contributed by atoms with Gasteiger partial charge in [-0.3, -0.25) is 0 Å². The number of ether oxygens (including phenoxy) is 4. The van der Waals surface area contributed by atoms with Gasteiger partial charge in [-0.2, -0.15) is 0 Å². The molecule has 0 radical (unpaired) electrons. The van der Waals surface area contributed by atoms with Gasteiger partial charge in [0.2, 0.25) is 5.79 Å². The Balaban J connectivity index is 1.37. The molecule has 63 heavy (non-hydrogen) atoms. The van der Waals surface area contributed by atoms with E-state index in [-0.39, 0.29) is 62.6 Å². The summed E-state index contributed by atoms with van der Waals surface area (Å²) in [6, 6.07) is 33.6. The van der Waals surface area contributed by atoms with E-state index in [2.05, 4.69) is 43.0 Å². The van der Waals surface area contributed by atoms with Crippen molar-refractivity contribution >= 4 is 11.8 Å². The molecule has 2 N–H and O–H groups in total.